The molecule has 3 rings (SSSR count). The standard InChI is InChI=1S/C14H14ClFN4O2/c15-10-2-1-3-12(13(10)16)20-8-11(17-18-20)14(22)19-6-4-9(21)5-7-19/h1-3,8-9,21H,4-7H2. The van der Waals surface area contributed by atoms with Crippen molar-refractivity contribution in [1.29, 1.82) is 0 Å². The maximum Gasteiger partial charge on any atom is 0.276 e. The van der Waals surface area contributed by atoms with E-state index in [1.54, 1.807) is 11.0 Å². The fourth-order valence-corrected chi connectivity index (χ4v) is 2.55. The first-order valence-corrected chi connectivity index (χ1v) is 7.28. The molecule has 8 heteroatoms. The van der Waals surface area contributed by atoms with Gasteiger partial charge in [0.05, 0.1) is 17.3 Å². The largest absolute Gasteiger partial charge is 0.393 e. The predicted molar refractivity (Wildman–Crippen MR) is 77.5 cm³/mol. The van der Waals surface area contributed by atoms with Gasteiger partial charge in [0, 0.05) is 13.1 Å². The Balaban J connectivity index is 1.82. The summed E-state index contributed by atoms with van der Waals surface area (Å²) in [5.41, 5.74) is 0.267. The molecule has 116 valence electrons. The van der Waals surface area contributed by atoms with Crippen molar-refractivity contribution in [1.82, 2.24) is 19.9 Å². The van der Waals surface area contributed by atoms with Gasteiger partial charge in [0.2, 0.25) is 0 Å². The van der Waals surface area contributed by atoms with Crippen molar-refractivity contribution in [3.63, 3.8) is 0 Å². The lowest BCUT2D eigenvalue weighted by molar-refractivity contribution is 0.0541. The van der Waals surface area contributed by atoms with Gasteiger partial charge in [-0.05, 0) is 25.0 Å². The summed E-state index contributed by atoms with van der Waals surface area (Å²) in [4.78, 5) is 13.9. The lowest BCUT2D eigenvalue weighted by Crippen LogP contribution is -2.40. The van der Waals surface area contributed by atoms with Gasteiger partial charge in [-0.2, -0.15) is 0 Å². The van der Waals surface area contributed by atoms with Crippen molar-refractivity contribution in [3.05, 3.63) is 40.9 Å². The van der Waals surface area contributed by atoms with Gasteiger partial charge >= 0.3 is 0 Å². The Bertz CT molecular complexity index is 698. The average molecular weight is 325 g/mol. The summed E-state index contributed by atoms with van der Waals surface area (Å²) in [6.07, 6.45) is 2.11. The number of hydrogen-bond donors (Lipinski definition) is 1. The first kappa shape index (κ1) is 14.9. The van der Waals surface area contributed by atoms with Gasteiger partial charge in [-0.1, -0.05) is 22.9 Å². The highest BCUT2D eigenvalue weighted by Crippen LogP contribution is 2.21. The van der Waals surface area contributed by atoms with Crippen molar-refractivity contribution < 1.29 is 14.3 Å². The molecule has 1 N–H and O–H groups in total. The smallest absolute Gasteiger partial charge is 0.276 e. The van der Waals surface area contributed by atoms with Crippen LogP contribution in [0.1, 0.15) is 23.3 Å². The summed E-state index contributed by atoms with van der Waals surface area (Å²) in [6.45, 7) is 0.941. The molecule has 22 heavy (non-hydrogen) atoms. The van der Waals surface area contributed by atoms with E-state index in [2.05, 4.69) is 10.3 Å². The molecule has 1 fully saturated rings. The minimum atomic E-state index is -0.617. The highest BCUT2D eigenvalue weighted by molar-refractivity contribution is 6.30. The highest BCUT2D eigenvalue weighted by Gasteiger charge is 2.24. The number of aromatic nitrogens is 3. The number of aliphatic hydroxyl groups excluding tert-OH is 1. The topological polar surface area (TPSA) is 71.2 Å². The molecular weight excluding hydrogens is 311 g/mol. The molecule has 1 aliphatic heterocycles. The Kier molecular flexibility index (Phi) is 4.08. The van der Waals surface area contributed by atoms with Gasteiger partial charge in [0.15, 0.2) is 11.5 Å². The van der Waals surface area contributed by atoms with Crippen molar-refractivity contribution in [3.8, 4) is 5.69 Å². The molecule has 0 bridgehead atoms. The molecule has 1 amide bonds. The Morgan fingerprint density at radius 3 is 2.82 bits per heavy atom. The van der Waals surface area contributed by atoms with E-state index in [4.69, 9.17) is 11.6 Å². The van der Waals surface area contributed by atoms with Crippen LogP contribution in [-0.4, -0.2) is 50.1 Å². The van der Waals surface area contributed by atoms with E-state index in [0.717, 1.165) is 0 Å². The van der Waals surface area contributed by atoms with Crippen molar-refractivity contribution in [2.75, 3.05) is 13.1 Å². The maximum atomic E-state index is 14.0. The number of aliphatic hydroxyl groups is 1. The Morgan fingerprint density at radius 2 is 2.09 bits per heavy atom. The lowest BCUT2D eigenvalue weighted by Gasteiger charge is -2.28. The molecule has 1 aromatic heterocycles. The van der Waals surface area contributed by atoms with E-state index in [1.165, 1.54) is 23.0 Å². The zero-order valence-corrected chi connectivity index (χ0v) is 12.4. The first-order chi connectivity index (χ1) is 10.6. The quantitative estimate of drug-likeness (QED) is 0.912. The zero-order chi connectivity index (χ0) is 15.7. The molecule has 0 spiro atoms. The average Bonchev–Trinajstić information content (AvgIpc) is 3.00. The maximum absolute atomic E-state index is 14.0. The number of benzene rings is 1. The number of halogens is 2. The van der Waals surface area contributed by atoms with Crippen LogP contribution in [0.2, 0.25) is 5.02 Å². The highest BCUT2D eigenvalue weighted by atomic mass is 35.5. The molecule has 6 nitrogen and oxygen atoms in total. The van der Waals surface area contributed by atoms with Crippen LogP contribution in [0.15, 0.2) is 24.4 Å². The molecule has 1 aliphatic rings. The molecule has 1 saturated heterocycles. The third kappa shape index (κ3) is 2.82. The Labute approximate surface area is 131 Å². The van der Waals surface area contributed by atoms with E-state index in [1.807, 2.05) is 0 Å². The van der Waals surface area contributed by atoms with Gasteiger partial charge in [0.1, 0.15) is 5.69 Å². The summed E-state index contributed by atoms with van der Waals surface area (Å²) in [5.74, 6) is -0.894. The number of rotatable bonds is 2. The first-order valence-electron chi connectivity index (χ1n) is 6.90. The molecular formula is C14H14ClFN4O2. The van der Waals surface area contributed by atoms with Crippen molar-refractivity contribution >= 4 is 17.5 Å². The third-order valence-electron chi connectivity index (χ3n) is 3.64. The fourth-order valence-electron chi connectivity index (χ4n) is 2.38. The summed E-state index contributed by atoms with van der Waals surface area (Å²) >= 11 is 5.73. The van der Waals surface area contributed by atoms with Crippen LogP contribution in [0.4, 0.5) is 4.39 Å². The number of likely N-dealkylation sites (tertiary alicyclic amines) is 1. The van der Waals surface area contributed by atoms with E-state index in [0.29, 0.717) is 25.9 Å². The minimum absolute atomic E-state index is 0.0223. The second kappa shape index (κ2) is 6.02. The monoisotopic (exact) mass is 324 g/mol. The fraction of sp³-hybridized carbons (Fsp3) is 0.357. The van der Waals surface area contributed by atoms with E-state index < -0.39 is 5.82 Å². The number of hydrogen-bond acceptors (Lipinski definition) is 4. The summed E-state index contributed by atoms with van der Waals surface area (Å²) < 4.78 is 15.1. The summed E-state index contributed by atoms with van der Waals surface area (Å²) in [6, 6.07) is 4.53. The van der Waals surface area contributed by atoms with Crippen molar-refractivity contribution in [2.24, 2.45) is 0 Å². The lowest BCUT2D eigenvalue weighted by atomic mass is 10.1. The van der Waals surface area contributed by atoms with E-state index in [9.17, 15) is 14.3 Å². The molecule has 0 radical (unpaired) electrons. The second-order valence-corrected chi connectivity index (χ2v) is 5.55. The number of carbonyl (C=O) groups excluding carboxylic acids is 1. The van der Waals surface area contributed by atoms with Gasteiger partial charge in [-0.25, -0.2) is 9.07 Å². The van der Waals surface area contributed by atoms with Crippen LogP contribution in [-0.2, 0) is 0 Å². The Morgan fingerprint density at radius 1 is 1.36 bits per heavy atom. The number of piperidine rings is 1. The van der Waals surface area contributed by atoms with E-state index >= 15 is 0 Å². The van der Waals surface area contributed by atoms with E-state index in [-0.39, 0.29) is 28.4 Å². The number of carbonyl (C=O) groups is 1. The normalized spacial score (nSPS) is 16.0. The number of nitrogens with zero attached hydrogens (tertiary/aromatic N) is 4. The molecule has 1 aromatic carbocycles. The molecule has 2 aromatic rings. The number of amides is 1. The molecule has 0 saturated carbocycles. The SMILES string of the molecule is O=C(c1cn(-c2cccc(Cl)c2F)nn1)N1CCC(O)CC1. The van der Waals surface area contributed by atoms with Gasteiger partial charge in [0.25, 0.3) is 5.91 Å². The predicted octanol–water partition coefficient (Wildman–Crippen LogP) is 1.66. The summed E-state index contributed by atoms with van der Waals surface area (Å²) in [5, 5.41) is 17.0. The molecule has 0 unspecified atom stereocenters. The third-order valence-corrected chi connectivity index (χ3v) is 3.93. The molecule has 0 atom stereocenters. The second-order valence-electron chi connectivity index (χ2n) is 5.14. The van der Waals surface area contributed by atoms with Gasteiger partial charge in [-0.15, -0.1) is 5.10 Å². The zero-order valence-electron chi connectivity index (χ0n) is 11.6. The van der Waals surface area contributed by atoms with Gasteiger partial charge in [-0.3, -0.25) is 4.79 Å². The van der Waals surface area contributed by atoms with Crippen LogP contribution < -0.4 is 0 Å². The van der Waals surface area contributed by atoms with Crippen LogP contribution in [0.25, 0.3) is 5.69 Å². The van der Waals surface area contributed by atoms with Crippen LogP contribution in [0, 0.1) is 5.82 Å². The Hall–Kier alpha value is -1.99. The molecule has 2 heterocycles. The van der Waals surface area contributed by atoms with Crippen LogP contribution in [0.5, 0.6) is 0 Å². The van der Waals surface area contributed by atoms with Crippen molar-refractivity contribution in [2.45, 2.75) is 18.9 Å². The summed E-state index contributed by atoms with van der Waals surface area (Å²) in [7, 11) is 0. The van der Waals surface area contributed by atoms with Crippen LogP contribution >= 0.6 is 11.6 Å². The molecule has 0 aliphatic carbocycles. The minimum Gasteiger partial charge on any atom is -0.393 e. The van der Waals surface area contributed by atoms with Gasteiger partial charge < -0.3 is 10.0 Å². The van der Waals surface area contributed by atoms with Crippen LogP contribution in [0.3, 0.4) is 0 Å².